The quantitative estimate of drug-likeness (QED) is 0.945. The molecule has 3 rings (SSSR count). The number of aromatic nitrogens is 1. The molecule has 1 fully saturated rings. The Morgan fingerprint density at radius 1 is 1.50 bits per heavy atom. The van der Waals surface area contributed by atoms with Crippen LogP contribution in [0.25, 0.3) is 10.6 Å². The molecule has 6 heteroatoms. The first-order chi connectivity index (χ1) is 9.78. The van der Waals surface area contributed by atoms with Crippen LogP contribution in [-0.4, -0.2) is 40.6 Å². The second kappa shape index (κ2) is 6.03. The van der Waals surface area contributed by atoms with Crippen LogP contribution in [0.2, 0.25) is 0 Å². The summed E-state index contributed by atoms with van der Waals surface area (Å²) in [4.78, 5) is 18.7. The van der Waals surface area contributed by atoms with Gasteiger partial charge in [-0.15, -0.1) is 11.3 Å². The number of aliphatic hydroxyl groups excluding tert-OH is 1. The zero-order valence-corrected chi connectivity index (χ0v) is 12.6. The second-order valence-electron chi connectivity index (χ2n) is 4.97. The van der Waals surface area contributed by atoms with Crippen LogP contribution in [0.4, 0.5) is 0 Å². The fraction of sp³-hybridized carbons (Fsp3) is 0.429. The number of carbonyl (C=O) groups is 1. The van der Waals surface area contributed by atoms with E-state index in [1.807, 2.05) is 27.1 Å². The fourth-order valence-corrected chi connectivity index (χ4v) is 3.99. The minimum atomic E-state index is 0.0168. The van der Waals surface area contributed by atoms with E-state index in [-0.39, 0.29) is 12.5 Å². The largest absolute Gasteiger partial charge is 0.396 e. The third-order valence-corrected chi connectivity index (χ3v) is 5.18. The van der Waals surface area contributed by atoms with Gasteiger partial charge in [0.1, 0.15) is 10.7 Å². The number of amides is 1. The third kappa shape index (κ3) is 2.77. The third-order valence-electron chi connectivity index (χ3n) is 3.60. The van der Waals surface area contributed by atoms with Crippen LogP contribution in [0.3, 0.4) is 0 Å². The number of thiophene rings is 1. The van der Waals surface area contributed by atoms with Crippen molar-refractivity contribution in [2.45, 2.75) is 12.8 Å². The van der Waals surface area contributed by atoms with Gasteiger partial charge in [-0.1, -0.05) is 0 Å². The van der Waals surface area contributed by atoms with Crippen molar-refractivity contribution in [3.05, 3.63) is 27.9 Å². The molecule has 0 radical (unpaired) electrons. The SMILES string of the molecule is O=C(c1csc(-c2ccsc2)n1)N1CCC(CCO)C1. The molecule has 1 aliphatic rings. The Bertz CT molecular complexity index is 580. The Morgan fingerprint density at radius 3 is 3.15 bits per heavy atom. The summed E-state index contributed by atoms with van der Waals surface area (Å²) in [5.74, 6) is 0.446. The van der Waals surface area contributed by atoms with E-state index in [1.165, 1.54) is 11.3 Å². The molecule has 1 N–H and O–H groups in total. The lowest BCUT2D eigenvalue weighted by atomic mass is 10.1. The molecule has 1 saturated heterocycles. The minimum Gasteiger partial charge on any atom is -0.396 e. The van der Waals surface area contributed by atoms with Crippen LogP contribution in [0.5, 0.6) is 0 Å². The zero-order chi connectivity index (χ0) is 13.9. The molecule has 4 nitrogen and oxygen atoms in total. The van der Waals surface area contributed by atoms with Crippen LogP contribution >= 0.6 is 22.7 Å². The number of rotatable bonds is 4. The van der Waals surface area contributed by atoms with Crippen molar-refractivity contribution < 1.29 is 9.90 Å². The summed E-state index contributed by atoms with van der Waals surface area (Å²) in [5, 5.41) is 15.8. The van der Waals surface area contributed by atoms with E-state index in [2.05, 4.69) is 4.98 Å². The molecule has 1 amide bonds. The highest BCUT2D eigenvalue weighted by Crippen LogP contribution is 2.27. The number of nitrogens with zero attached hydrogens (tertiary/aromatic N) is 2. The van der Waals surface area contributed by atoms with E-state index in [4.69, 9.17) is 5.11 Å². The van der Waals surface area contributed by atoms with Crippen molar-refractivity contribution in [1.29, 1.82) is 0 Å². The number of aliphatic hydroxyl groups is 1. The van der Waals surface area contributed by atoms with E-state index in [1.54, 1.807) is 11.3 Å². The maximum atomic E-state index is 12.4. The van der Waals surface area contributed by atoms with E-state index in [9.17, 15) is 4.79 Å². The lowest BCUT2D eigenvalue weighted by molar-refractivity contribution is 0.0780. The van der Waals surface area contributed by atoms with Gasteiger partial charge in [-0.2, -0.15) is 11.3 Å². The van der Waals surface area contributed by atoms with Gasteiger partial charge in [-0.05, 0) is 30.2 Å². The van der Waals surface area contributed by atoms with E-state index >= 15 is 0 Å². The number of carbonyl (C=O) groups excluding carboxylic acids is 1. The number of likely N-dealkylation sites (tertiary alicyclic amines) is 1. The fourth-order valence-electron chi connectivity index (χ4n) is 2.49. The van der Waals surface area contributed by atoms with Crippen LogP contribution < -0.4 is 0 Å². The standard InChI is InChI=1S/C14H16N2O2S2/c17-5-2-10-1-4-16(7-10)14(18)12-9-20-13(15-12)11-3-6-19-8-11/h3,6,8-10,17H,1-2,4-5,7H2. The first kappa shape index (κ1) is 13.7. The van der Waals surface area contributed by atoms with Crippen molar-refractivity contribution in [1.82, 2.24) is 9.88 Å². The molecule has 0 bridgehead atoms. The van der Waals surface area contributed by atoms with Gasteiger partial charge in [0.15, 0.2) is 0 Å². The lowest BCUT2D eigenvalue weighted by Gasteiger charge is -2.14. The molecule has 3 heterocycles. The number of thiazole rings is 1. The molecule has 106 valence electrons. The maximum absolute atomic E-state index is 12.4. The highest BCUT2D eigenvalue weighted by Gasteiger charge is 2.27. The molecule has 2 aromatic heterocycles. The second-order valence-corrected chi connectivity index (χ2v) is 6.61. The number of hydrogen-bond donors (Lipinski definition) is 1. The van der Waals surface area contributed by atoms with Crippen LogP contribution in [0.1, 0.15) is 23.3 Å². The van der Waals surface area contributed by atoms with Crippen molar-refractivity contribution in [2.24, 2.45) is 5.92 Å². The monoisotopic (exact) mass is 308 g/mol. The summed E-state index contributed by atoms with van der Waals surface area (Å²) in [6.07, 6.45) is 1.76. The average molecular weight is 308 g/mol. The van der Waals surface area contributed by atoms with Crippen molar-refractivity contribution in [3.63, 3.8) is 0 Å². The van der Waals surface area contributed by atoms with Gasteiger partial charge in [0.05, 0.1) is 0 Å². The first-order valence-electron chi connectivity index (χ1n) is 6.66. The highest BCUT2D eigenvalue weighted by molar-refractivity contribution is 7.14. The molecule has 1 atom stereocenters. The summed E-state index contributed by atoms with van der Waals surface area (Å²) in [6.45, 7) is 1.71. The van der Waals surface area contributed by atoms with Gasteiger partial charge in [0, 0.05) is 36.0 Å². The van der Waals surface area contributed by atoms with E-state index in [0.29, 0.717) is 11.6 Å². The summed E-state index contributed by atoms with van der Waals surface area (Å²) in [5.41, 5.74) is 1.62. The topological polar surface area (TPSA) is 53.4 Å². The Labute approximate surface area is 125 Å². The summed E-state index contributed by atoms with van der Waals surface area (Å²) in [6, 6.07) is 2.02. The van der Waals surface area contributed by atoms with Crippen LogP contribution in [0, 0.1) is 5.92 Å². The highest BCUT2D eigenvalue weighted by atomic mass is 32.1. The normalized spacial score (nSPS) is 18.6. The molecule has 0 aliphatic carbocycles. The molecule has 0 spiro atoms. The van der Waals surface area contributed by atoms with Crippen molar-refractivity contribution >= 4 is 28.6 Å². The Morgan fingerprint density at radius 2 is 2.40 bits per heavy atom. The Hall–Kier alpha value is -1.24. The van der Waals surface area contributed by atoms with Crippen LogP contribution in [0.15, 0.2) is 22.2 Å². The van der Waals surface area contributed by atoms with Crippen molar-refractivity contribution in [2.75, 3.05) is 19.7 Å². The smallest absolute Gasteiger partial charge is 0.273 e. The van der Waals surface area contributed by atoms with Crippen molar-refractivity contribution in [3.8, 4) is 10.6 Å². The van der Waals surface area contributed by atoms with E-state index < -0.39 is 0 Å². The molecule has 1 aliphatic heterocycles. The molecule has 1 unspecified atom stereocenters. The molecular formula is C14H16N2O2S2. The molecule has 20 heavy (non-hydrogen) atoms. The van der Waals surface area contributed by atoms with Crippen LogP contribution in [-0.2, 0) is 0 Å². The van der Waals surface area contributed by atoms with Gasteiger partial charge in [0.2, 0.25) is 0 Å². The maximum Gasteiger partial charge on any atom is 0.273 e. The lowest BCUT2D eigenvalue weighted by Crippen LogP contribution is -2.29. The molecule has 0 saturated carbocycles. The first-order valence-corrected chi connectivity index (χ1v) is 8.48. The van der Waals surface area contributed by atoms with Gasteiger partial charge < -0.3 is 10.0 Å². The number of hydrogen-bond acceptors (Lipinski definition) is 5. The van der Waals surface area contributed by atoms with Gasteiger partial charge in [-0.25, -0.2) is 4.98 Å². The zero-order valence-electron chi connectivity index (χ0n) is 11.0. The predicted octanol–water partition coefficient (Wildman–Crippen LogP) is 2.72. The van der Waals surface area contributed by atoms with Gasteiger partial charge in [0.25, 0.3) is 5.91 Å². The minimum absolute atomic E-state index is 0.0168. The Kier molecular flexibility index (Phi) is 4.14. The summed E-state index contributed by atoms with van der Waals surface area (Å²) in [7, 11) is 0. The molecule has 0 aromatic carbocycles. The molecular weight excluding hydrogens is 292 g/mol. The summed E-state index contributed by atoms with van der Waals surface area (Å²) >= 11 is 3.14. The van der Waals surface area contributed by atoms with Gasteiger partial charge >= 0.3 is 0 Å². The van der Waals surface area contributed by atoms with Gasteiger partial charge in [-0.3, -0.25) is 4.79 Å². The van der Waals surface area contributed by atoms with E-state index in [0.717, 1.165) is 36.5 Å². The Balaban J connectivity index is 1.69. The average Bonchev–Trinajstić information content (AvgIpc) is 3.19. The summed E-state index contributed by atoms with van der Waals surface area (Å²) < 4.78 is 0. The molecule has 2 aromatic rings. The predicted molar refractivity (Wildman–Crippen MR) is 81.1 cm³/mol.